The summed E-state index contributed by atoms with van der Waals surface area (Å²) in [4.78, 5) is 22.1. The van der Waals surface area contributed by atoms with E-state index in [2.05, 4.69) is 5.32 Å². The van der Waals surface area contributed by atoms with Crippen molar-refractivity contribution in [3.8, 4) is 0 Å². The zero-order valence-electron chi connectivity index (χ0n) is 10.0. The first-order valence-corrected chi connectivity index (χ1v) is 7.14. The molecule has 0 radical (unpaired) electrons. The lowest BCUT2D eigenvalue weighted by molar-refractivity contribution is -0.137. The molecule has 0 heterocycles. The summed E-state index contributed by atoms with van der Waals surface area (Å²) in [6, 6.07) is -0.525. The van der Waals surface area contributed by atoms with Gasteiger partial charge in [0, 0.05) is 17.7 Å². The van der Waals surface area contributed by atoms with Crippen LogP contribution in [0.15, 0.2) is 0 Å². The second-order valence-electron chi connectivity index (χ2n) is 4.36. The van der Waals surface area contributed by atoms with Crippen LogP contribution in [0.5, 0.6) is 0 Å². The van der Waals surface area contributed by atoms with Crippen molar-refractivity contribution < 1.29 is 14.7 Å². The Morgan fingerprint density at radius 1 is 1.53 bits per heavy atom. The minimum Gasteiger partial charge on any atom is -0.481 e. The molecule has 4 N–H and O–H groups in total. The molecule has 1 fully saturated rings. The van der Waals surface area contributed by atoms with Gasteiger partial charge in [-0.1, -0.05) is 6.42 Å². The van der Waals surface area contributed by atoms with Crippen LogP contribution in [0.4, 0.5) is 0 Å². The van der Waals surface area contributed by atoms with Crippen molar-refractivity contribution in [3.63, 3.8) is 0 Å². The van der Waals surface area contributed by atoms with E-state index in [0.29, 0.717) is 5.25 Å². The zero-order valence-corrected chi connectivity index (χ0v) is 10.8. The average molecular weight is 260 g/mol. The summed E-state index contributed by atoms with van der Waals surface area (Å²) in [6.07, 6.45) is 5.41. The molecule has 3 atom stereocenters. The van der Waals surface area contributed by atoms with Crippen molar-refractivity contribution in [2.45, 2.75) is 49.4 Å². The standard InChI is InChI=1S/C11H20N2O3S/c1-17-9-4-2-3-8(9)13-11(16)7(12)5-6-10(14)15/h7-9H,2-6,12H2,1H3,(H,13,16)(H,14,15). The SMILES string of the molecule is CSC1CCCC1NC(=O)C(N)CCC(=O)O. The lowest BCUT2D eigenvalue weighted by Crippen LogP contribution is -2.47. The number of carboxylic acid groups (broad SMARTS) is 1. The molecule has 1 aliphatic rings. The molecule has 5 nitrogen and oxygen atoms in total. The number of thioether (sulfide) groups is 1. The highest BCUT2D eigenvalue weighted by molar-refractivity contribution is 7.99. The fraction of sp³-hybridized carbons (Fsp3) is 0.818. The van der Waals surface area contributed by atoms with E-state index < -0.39 is 12.0 Å². The van der Waals surface area contributed by atoms with Gasteiger partial charge in [0.25, 0.3) is 0 Å². The van der Waals surface area contributed by atoms with Gasteiger partial charge in [0.15, 0.2) is 0 Å². The first-order chi connectivity index (χ1) is 8.04. The highest BCUT2D eigenvalue weighted by Crippen LogP contribution is 2.28. The van der Waals surface area contributed by atoms with Crippen molar-refractivity contribution >= 4 is 23.6 Å². The summed E-state index contributed by atoms with van der Waals surface area (Å²) in [5.41, 5.74) is 5.65. The molecule has 6 heteroatoms. The number of hydrogen-bond donors (Lipinski definition) is 3. The molecule has 0 aromatic rings. The van der Waals surface area contributed by atoms with E-state index in [0.717, 1.165) is 19.3 Å². The van der Waals surface area contributed by atoms with Crippen LogP contribution < -0.4 is 11.1 Å². The Labute approximate surface area is 106 Å². The number of nitrogens with one attached hydrogen (secondary N) is 1. The number of carbonyl (C=O) groups excluding carboxylic acids is 1. The van der Waals surface area contributed by atoms with E-state index in [1.54, 1.807) is 11.8 Å². The van der Waals surface area contributed by atoms with Crippen molar-refractivity contribution in [2.75, 3.05) is 6.26 Å². The molecule has 3 unspecified atom stereocenters. The summed E-state index contributed by atoms with van der Waals surface area (Å²) in [5.74, 6) is -1.15. The molecule has 1 amide bonds. The van der Waals surface area contributed by atoms with E-state index in [9.17, 15) is 9.59 Å². The summed E-state index contributed by atoms with van der Waals surface area (Å²) < 4.78 is 0. The van der Waals surface area contributed by atoms with Crippen LogP contribution in [0.2, 0.25) is 0 Å². The molecule has 1 saturated carbocycles. The third-order valence-electron chi connectivity index (χ3n) is 3.09. The zero-order chi connectivity index (χ0) is 12.8. The predicted molar refractivity (Wildman–Crippen MR) is 67.9 cm³/mol. The third kappa shape index (κ3) is 4.55. The number of amides is 1. The average Bonchev–Trinajstić information content (AvgIpc) is 2.72. The van der Waals surface area contributed by atoms with Crippen molar-refractivity contribution in [2.24, 2.45) is 5.73 Å². The van der Waals surface area contributed by atoms with Crippen molar-refractivity contribution in [1.82, 2.24) is 5.32 Å². The highest BCUT2D eigenvalue weighted by atomic mass is 32.2. The van der Waals surface area contributed by atoms with Gasteiger partial charge >= 0.3 is 5.97 Å². The van der Waals surface area contributed by atoms with Crippen LogP contribution in [0.3, 0.4) is 0 Å². The first-order valence-electron chi connectivity index (χ1n) is 5.85. The predicted octanol–water partition coefficient (Wildman–Crippen LogP) is 0.579. The maximum atomic E-state index is 11.7. The maximum Gasteiger partial charge on any atom is 0.303 e. The Morgan fingerprint density at radius 3 is 2.82 bits per heavy atom. The molecule has 0 bridgehead atoms. The van der Waals surface area contributed by atoms with Gasteiger partial charge in [0.1, 0.15) is 0 Å². The van der Waals surface area contributed by atoms with Gasteiger partial charge in [-0.2, -0.15) is 11.8 Å². The van der Waals surface area contributed by atoms with E-state index >= 15 is 0 Å². The quantitative estimate of drug-likeness (QED) is 0.649. The molecule has 0 aromatic heterocycles. The Hall–Kier alpha value is -0.750. The minimum atomic E-state index is -0.920. The second-order valence-corrected chi connectivity index (χ2v) is 5.44. The van der Waals surface area contributed by atoms with Gasteiger partial charge in [0.05, 0.1) is 6.04 Å². The molecule has 0 spiro atoms. The minimum absolute atomic E-state index is 0.0643. The fourth-order valence-corrected chi connectivity index (χ4v) is 3.01. The first kappa shape index (κ1) is 14.3. The third-order valence-corrected chi connectivity index (χ3v) is 4.26. The van der Waals surface area contributed by atoms with Crippen LogP contribution in [-0.4, -0.2) is 40.6 Å². The Morgan fingerprint density at radius 2 is 2.24 bits per heavy atom. The molecule has 0 saturated heterocycles. The molecule has 0 aliphatic heterocycles. The summed E-state index contributed by atoms with van der Waals surface area (Å²) in [7, 11) is 0. The number of aliphatic carboxylic acids is 1. The van der Waals surface area contributed by atoms with Crippen LogP contribution >= 0.6 is 11.8 Å². The van der Waals surface area contributed by atoms with E-state index in [-0.39, 0.29) is 24.8 Å². The topological polar surface area (TPSA) is 92.4 Å². The second kappa shape index (κ2) is 6.86. The van der Waals surface area contributed by atoms with Gasteiger partial charge in [-0.15, -0.1) is 0 Å². The van der Waals surface area contributed by atoms with Crippen molar-refractivity contribution in [3.05, 3.63) is 0 Å². The summed E-state index contributed by atoms with van der Waals surface area (Å²) >= 11 is 1.76. The summed E-state index contributed by atoms with van der Waals surface area (Å²) in [6.45, 7) is 0. The lowest BCUT2D eigenvalue weighted by atomic mass is 10.1. The van der Waals surface area contributed by atoms with Crippen LogP contribution in [0.1, 0.15) is 32.1 Å². The number of carboxylic acids is 1. The van der Waals surface area contributed by atoms with Gasteiger partial charge in [-0.25, -0.2) is 0 Å². The largest absolute Gasteiger partial charge is 0.481 e. The Bertz CT molecular complexity index is 286. The number of rotatable bonds is 6. The fourth-order valence-electron chi connectivity index (χ4n) is 2.07. The maximum absolute atomic E-state index is 11.7. The smallest absolute Gasteiger partial charge is 0.303 e. The molecule has 17 heavy (non-hydrogen) atoms. The number of nitrogens with two attached hydrogens (primary N) is 1. The monoisotopic (exact) mass is 260 g/mol. The molecular formula is C11H20N2O3S. The molecule has 98 valence electrons. The van der Waals surface area contributed by atoms with E-state index in [1.807, 2.05) is 6.26 Å². The number of hydrogen-bond acceptors (Lipinski definition) is 4. The molecular weight excluding hydrogens is 240 g/mol. The van der Waals surface area contributed by atoms with Gasteiger partial charge in [-0.05, 0) is 25.5 Å². The van der Waals surface area contributed by atoms with Crippen molar-refractivity contribution in [1.29, 1.82) is 0 Å². The summed E-state index contributed by atoms with van der Waals surface area (Å²) in [5, 5.41) is 11.9. The Kier molecular flexibility index (Phi) is 5.77. The van der Waals surface area contributed by atoms with Crippen LogP contribution in [0, 0.1) is 0 Å². The molecule has 0 aromatic carbocycles. The van der Waals surface area contributed by atoms with Crippen LogP contribution in [0.25, 0.3) is 0 Å². The normalized spacial score (nSPS) is 25.5. The number of carbonyl (C=O) groups is 2. The lowest BCUT2D eigenvalue weighted by Gasteiger charge is -2.21. The van der Waals surface area contributed by atoms with Gasteiger partial charge in [-0.3, -0.25) is 9.59 Å². The highest BCUT2D eigenvalue weighted by Gasteiger charge is 2.29. The van der Waals surface area contributed by atoms with Gasteiger partial charge < -0.3 is 16.2 Å². The molecule has 1 rings (SSSR count). The van der Waals surface area contributed by atoms with E-state index in [1.165, 1.54) is 0 Å². The Balaban J connectivity index is 2.34. The van der Waals surface area contributed by atoms with E-state index in [4.69, 9.17) is 10.8 Å². The van der Waals surface area contributed by atoms with Crippen LogP contribution in [-0.2, 0) is 9.59 Å². The molecule has 1 aliphatic carbocycles. The van der Waals surface area contributed by atoms with Gasteiger partial charge in [0.2, 0.25) is 5.91 Å².